The van der Waals surface area contributed by atoms with Crippen molar-refractivity contribution in [2.24, 2.45) is 11.7 Å². The van der Waals surface area contributed by atoms with E-state index in [-0.39, 0.29) is 6.04 Å². The molecule has 1 saturated carbocycles. The first-order valence-electron chi connectivity index (χ1n) is 6.69. The summed E-state index contributed by atoms with van der Waals surface area (Å²) in [4.78, 5) is 0. The molecule has 1 fully saturated rings. The van der Waals surface area contributed by atoms with E-state index >= 15 is 0 Å². The zero-order chi connectivity index (χ0) is 12.1. The summed E-state index contributed by atoms with van der Waals surface area (Å²) in [5, 5.41) is 0. The summed E-state index contributed by atoms with van der Waals surface area (Å²) in [5.74, 6) is 0.687. The van der Waals surface area contributed by atoms with Crippen molar-refractivity contribution in [2.45, 2.75) is 44.8 Å². The monoisotopic (exact) mass is 233 g/mol. The topological polar surface area (TPSA) is 35.2 Å². The third-order valence-electron chi connectivity index (χ3n) is 3.75. The van der Waals surface area contributed by atoms with Gasteiger partial charge in [0.05, 0.1) is 18.8 Å². The number of nitrogens with two attached hydrogens (primary N) is 1. The molecule has 2 heteroatoms. The van der Waals surface area contributed by atoms with Gasteiger partial charge in [0.25, 0.3) is 0 Å². The van der Waals surface area contributed by atoms with Gasteiger partial charge in [-0.25, -0.2) is 0 Å². The lowest BCUT2D eigenvalue weighted by molar-refractivity contribution is -0.0113. The molecule has 1 aliphatic rings. The molecule has 0 spiro atoms. The Morgan fingerprint density at radius 2 is 1.94 bits per heavy atom. The zero-order valence-corrected chi connectivity index (χ0v) is 10.6. The number of rotatable bonds is 4. The summed E-state index contributed by atoms with van der Waals surface area (Å²) in [6.45, 7) is 2.93. The van der Waals surface area contributed by atoms with Crippen molar-refractivity contribution >= 4 is 0 Å². The fourth-order valence-corrected chi connectivity index (χ4v) is 2.55. The molecule has 0 aliphatic heterocycles. The van der Waals surface area contributed by atoms with E-state index in [4.69, 9.17) is 10.5 Å². The Bertz CT molecular complexity index is 325. The van der Waals surface area contributed by atoms with Crippen LogP contribution in [0.1, 0.15) is 44.2 Å². The predicted octanol–water partition coefficient (Wildman–Crippen LogP) is 3.28. The average molecular weight is 233 g/mol. The minimum absolute atomic E-state index is 0.00493. The molecule has 0 bridgehead atoms. The van der Waals surface area contributed by atoms with Crippen LogP contribution in [0.5, 0.6) is 0 Å². The summed E-state index contributed by atoms with van der Waals surface area (Å²) in [7, 11) is 0. The van der Waals surface area contributed by atoms with Crippen molar-refractivity contribution in [1.29, 1.82) is 0 Å². The Balaban J connectivity index is 1.81. The average Bonchev–Trinajstić information content (AvgIpc) is 2.38. The SMILES string of the molecule is CC1CCCCC1OCC(N)c1ccccc1. The Morgan fingerprint density at radius 1 is 1.24 bits per heavy atom. The number of hydrogen-bond acceptors (Lipinski definition) is 2. The first-order valence-corrected chi connectivity index (χ1v) is 6.69. The maximum Gasteiger partial charge on any atom is 0.0663 e. The zero-order valence-electron chi connectivity index (χ0n) is 10.6. The molecule has 2 nitrogen and oxygen atoms in total. The maximum absolute atomic E-state index is 6.13. The molecule has 0 radical (unpaired) electrons. The van der Waals surface area contributed by atoms with Gasteiger partial charge in [-0.1, -0.05) is 50.1 Å². The van der Waals surface area contributed by atoms with Crippen LogP contribution in [0.3, 0.4) is 0 Å². The normalized spacial score (nSPS) is 26.7. The molecule has 2 rings (SSSR count). The van der Waals surface area contributed by atoms with Gasteiger partial charge in [0, 0.05) is 0 Å². The van der Waals surface area contributed by atoms with Crippen molar-refractivity contribution < 1.29 is 4.74 Å². The van der Waals surface area contributed by atoms with E-state index in [1.54, 1.807) is 0 Å². The molecule has 3 atom stereocenters. The van der Waals surface area contributed by atoms with E-state index in [9.17, 15) is 0 Å². The second-order valence-electron chi connectivity index (χ2n) is 5.15. The number of ether oxygens (including phenoxy) is 1. The van der Waals surface area contributed by atoms with E-state index in [1.807, 2.05) is 18.2 Å². The van der Waals surface area contributed by atoms with E-state index in [0.29, 0.717) is 18.6 Å². The molecule has 94 valence electrons. The van der Waals surface area contributed by atoms with Gasteiger partial charge in [-0.05, 0) is 24.3 Å². The Hall–Kier alpha value is -0.860. The lowest BCUT2D eigenvalue weighted by Crippen LogP contribution is -2.29. The Kier molecular flexibility index (Phi) is 4.57. The molecule has 17 heavy (non-hydrogen) atoms. The molecule has 0 heterocycles. The van der Waals surface area contributed by atoms with Gasteiger partial charge in [0.2, 0.25) is 0 Å². The highest BCUT2D eigenvalue weighted by molar-refractivity contribution is 5.18. The van der Waals surface area contributed by atoms with Crippen LogP contribution in [0.15, 0.2) is 30.3 Å². The van der Waals surface area contributed by atoms with Gasteiger partial charge in [-0.3, -0.25) is 0 Å². The third-order valence-corrected chi connectivity index (χ3v) is 3.75. The van der Waals surface area contributed by atoms with Gasteiger partial charge in [0.15, 0.2) is 0 Å². The smallest absolute Gasteiger partial charge is 0.0663 e. The molecule has 0 saturated heterocycles. The van der Waals surface area contributed by atoms with Crippen molar-refractivity contribution in [1.82, 2.24) is 0 Å². The predicted molar refractivity (Wildman–Crippen MR) is 70.7 cm³/mol. The van der Waals surface area contributed by atoms with Crippen LogP contribution in [0.4, 0.5) is 0 Å². The molecular weight excluding hydrogens is 210 g/mol. The van der Waals surface area contributed by atoms with Crippen molar-refractivity contribution in [3.63, 3.8) is 0 Å². The van der Waals surface area contributed by atoms with Crippen molar-refractivity contribution in [3.8, 4) is 0 Å². The molecular formula is C15H23NO. The summed E-state index contributed by atoms with van der Waals surface area (Å²) in [5.41, 5.74) is 7.30. The van der Waals surface area contributed by atoms with Gasteiger partial charge in [-0.2, -0.15) is 0 Å². The van der Waals surface area contributed by atoms with Crippen LogP contribution in [0, 0.1) is 5.92 Å². The lowest BCUT2D eigenvalue weighted by Gasteiger charge is -2.29. The standard InChI is InChI=1S/C15H23NO/c1-12-7-5-6-10-15(12)17-11-14(16)13-8-3-2-4-9-13/h2-4,8-9,12,14-15H,5-7,10-11,16H2,1H3. The first-order chi connectivity index (χ1) is 8.27. The van der Waals surface area contributed by atoms with Gasteiger partial charge >= 0.3 is 0 Å². The molecule has 2 N–H and O–H groups in total. The Labute approximate surface area is 104 Å². The van der Waals surface area contributed by atoms with Crippen molar-refractivity contribution in [3.05, 3.63) is 35.9 Å². The van der Waals surface area contributed by atoms with Crippen LogP contribution in [-0.2, 0) is 4.74 Å². The van der Waals surface area contributed by atoms with Crippen LogP contribution >= 0.6 is 0 Å². The van der Waals surface area contributed by atoms with Crippen LogP contribution < -0.4 is 5.73 Å². The van der Waals surface area contributed by atoms with Crippen LogP contribution in [0.25, 0.3) is 0 Å². The molecule has 1 aromatic rings. The number of benzene rings is 1. The first kappa shape index (κ1) is 12.6. The summed E-state index contributed by atoms with van der Waals surface area (Å²) in [6.07, 6.45) is 5.56. The van der Waals surface area contributed by atoms with Crippen LogP contribution in [-0.4, -0.2) is 12.7 Å². The largest absolute Gasteiger partial charge is 0.376 e. The van der Waals surface area contributed by atoms with E-state index < -0.39 is 0 Å². The Morgan fingerprint density at radius 3 is 2.65 bits per heavy atom. The molecule has 0 amide bonds. The number of hydrogen-bond donors (Lipinski definition) is 1. The van der Waals surface area contributed by atoms with Gasteiger partial charge in [0.1, 0.15) is 0 Å². The molecule has 3 unspecified atom stereocenters. The highest BCUT2D eigenvalue weighted by Gasteiger charge is 2.22. The van der Waals surface area contributed by atoms with Crippen LogP contribution in [0.2, 0.25) is 0 Å². The summed E-state index contributed by atoms with van der Waals surface area (Å²) in [6, 6.07) is 10.2. The highest BCUT2D eigenvalue weighted by atomic mass is 16.5. The second-order valence-corrected chi connectivity index (χ2v) is 5.15. The quantitative estimate of drug-likeness (QED) is 0.866. The second kappa shape index (κ2) is 6.18. The lowest BCUT2D eigenvalue weighted by atomic mass is 9.88. The van der Waals surface area contributed by atoms with E-state index in [2.05, 4.69) is 19.1 Å². The minimum atomic E-state index is 0.00493. The summed E-state index contributed by atoms with van der Waals surface area (Å²) < 4.78 is 5.99. The molecule has 0 aromatic heterocycles. The highest BCUT2D eigenvalue weighted by Crippen LogP contribution is 2.27. The third kappa shape index (κ3) is 3.55. The fraction of sp³-hybridized carbons (Fsp3) is 0.600. The van der Waals surface area contributed by atoms with Crippen molar-refractivity contribution in [2.75, 3.05) is 6.61 Å². The molecule has 1 aliphatic carbocycles. The van der Waals surface area contributed by atoms with Gasteiger partial charge < -0.3 is 10.5 Å². The summed E-state index contributed by atoms with van der Waals surface area (Å²) >= 11 is 0. The maximum atomic E-state index is 6.13. The fourth-order valence-electron chi connectivity index (χ4n) is 2.55. The minimum Gasteiger partial charge on any atom is -0.376 e. The van der Waals surface area contributed by atoms with Gasteiger partial charge in [-0.15, -0.1) is 0 Å². The van der Waals surface area contributed by atoms with E-state index in [0.717, 1.165) is 5.56 Å². The molecule has 1 aromatic carbocycles. The van der Waals surface area contributed by atoms with E-state index in [1.165, 1.54) is 25.7 Å².